The SMILES string of the molecule is CC1O[C@@H](C)CCC1(O)CN. The van der Waals surface area contributed by atoms with Crippen molar-refractivity contribution < 1.29 is 9.84 Å². The predicted molar refractivity (Wildman–Crippen MR) is 43.2 cm³/mol. The first-order valence-electron chi connectivity index (χ1n) is 4.16. The maximum absolute atomic E-state index is 9.82. The Morgan fingerprint density at radius 1 is 1.64 bits per heavy atom. The molecule has 66 valence electrons. The quantitative estimate of drug-likeness (QED) is 0.577. The summed E-state index contributed by atoms with van der Waals surface area (Å²) >= 11 is 0. The summed E-state index contributed by atoms with van der Waals surface area (Å²) in [6.07, 6.45) is 1.79. The van der Waals surface area contributed by atoms with E-state index < -0.39 is 5.60 Å². The minimum absolute atomic E-state index is 0.128. The number of hydrogen-bond acceptors (Lipinski definition) is 3. The molecule has 11 heavy (non-hydrogen) atoms. The lowest BCUT2D eigenvalue weighted by molar-refractivity contribution is -0.158. The summed E-state index contributed by atoms with van der Waals surface area (Å²) in [5.41, 5.74) is 4.66. The molecule has 1 aliphatic rings. The number of rotatable bonds is 1. The molecular weight excluding hydrogens is 142 g/mol. The Morgan fingerprint density at radius 3 is 2.73 bits per heavy atom. The standard InChI is InChI=1S/C8H17NO2/c1-6-3-4-8(10,5-9)7(2)11-6/h6-7,10H,3-5,9H2,1-2H3/t6-,7?,8?/m0/s1. The maximum atomic E-state index is 9.82. The van der Waals surface area contributed by atoms with E-state index in [4.69, 9.17) is 10.5 Å². The number of hydrogen-bond donors (Lipinski definition) is 2. The normalized spacial score (nSPS) is 45.8. The molecule has 0 aromatic heterocycles. The molecule has 3 nitrogen and oxygen atoms in total. The Balaban J connectivity index is 2.56. The third kappa shape index (κ3) is 1.72. The Bertz CT molecular complexity index is 140. The average Bonchev–Trinajstić information content (AvgIpc) is 1.98. The smallest absolute Gasteiger partial charge is 0.103 e. The van der Waals surface area contributed by atoms with Gasteiger partial charge in [-0.15, -0.1) is 0 Å². The molecule has 1 rings (SSSR count). The largest absolute Gasteiger partial charge is 0.386 e. The number of aliphatic hydroxyl groups is 1. The van der Waals surface area contributed by atoms with Crippen LogP contribution in [0.15, 0.2) is 0 Å². The van der Waals surface area contributed by atoms with E-state index in [1.165, 1.54) is 0 Å². The zero-order chi connectivity index (χ0) is 8.48. The third-order valence-corrected chi connectivity index (χ3v) is 2.53. The van der Waals surface area contributed by atoms with Crippen LogP contribution in [0.5, 0.6) is 0 Å². The lowest BCUT2D eigenvalue weighted by Crippen LogP contribution is -2.52. The van der Waals surface area contributed by atoms with Gasteiger partial charge in [-0.2, -0.15) is 0 Å². The fourth-order valence-corrected chi connectivity index (χ4v) is 1.47. The van der Waals surface area contributed by atoms with Crippen LogP contribution in [0.1, 0.15) is 26.7 Å². The summed E-state index contributed by atoms with van der Waals surface area (Å²) in [6.45, 7) is 4.19. The molecule has 0 amide bonds. The second kappa shape index (κ2) is 3.09. The van der Waals surface area contributed by atoms with Crippen molar-refractivity contribution in [2.75, 3.05) is 6.54 Å². The van der Waals surface area contributed by atoms with E-state index in [2.05, 4.69) is 0 Å². The summed E-state index contributed by atoms with van der Waals surface area (Å²) in [4.78, 5) is 0. The van der Waals surface area contributed by atoms with E-state index in [0.29, 0.717) is 6.54 Å². The first-order valence-corrected chi connectivity index (χ1v) is 4.16. The van der Waals surface area contributed by atoms with Gasteiger partial charge in [0.05, 0.1) is 12.2 Å². The van der Waals surface area contributed by atoms with E-state index in [1.807, 2.05) is 13.8 Å². The van der Waals surface area contributed by atoms with Crippen molar-refractivity contribution in [2.24, 2.45) is 5.73 Å². The van der Waals surface area contributed by atoms with Crippen molar-refractivity contribution in [3.63, 3.8) is 0 Å². The van der Waals surface area contributed by atoms with Gasteiger partial charge in [-0.3, -0.25) is 0 Å². The fraction of sp³-hybridized carbons (Fsp3) is 1.00. The van der Waals surface area contributed by atoms with E-state index in [1.54, 1.807) is 0 Å². The molecule has 1 fully saturated rings. The van der Waals surface area contributed by atoms with Crippen LogP contribution in [-0.4, -0.2) is 29.5 Å². The van der Waals surface area contributed by atoms with Crippen LogP contribution in [-0.2, 0) is 4.74 Å². The molecule has 1 saturated heterocycles. The van der Waals surface area contributed by atoms with Crippen molar-refractivity contribution in [3.8, 4) is 0 Å². The van der Waals surface area contributed by atoms with E-state index >= 15 is 0 Å². The van der Waals surface area contributed by atoms with Gasteiger partial charge in [-0.05, 0) is 26.7 Å². The highest BCUT2D eigenvalue weighted by Gasteiger charge is 2.37. The lowest BCUT2D eigenvalue weighted by atomic mass is 9.88. The Hall–Kier alpha value is -0.120. The Kier molecular flexibility index (Phi) is 2.52. The zero-order valence-corrected chi connectivity index (χ0v) is 7.21. The molecule has 1 heterocycles. The molecular formula is C8H17NO2. The van der Waals surface area contributed by atoms with E-state index in [0.717, 1.165) is 12.8 Å². The minimum atomic E-state index is -0.785. The highest BCUT2D eigenvalue weighted by atomic mass is 16.5. The molecule has 0 aliphatic carbocycles. The van der Waals surface area contributed by atoms with Crippen molar-refractivity contribution in [1.29, 1.82) is 0 Å². The molecule has 1 aliphatic heterocycles. The van der Waals surface area contributed by atoms with Gasteiger partial charge in [0.25, 0.3) is 0 Å². The van der Waals surface area contributed by atoms with Crippen LogP contribution in [0.3, 0.4) is 0 Å². The van der Waals surface area contributed by atoms with Gasteiger partial charge in [0.15, 0.2) is 0 Å². The van der Waals surface area contributed by atoms with Gasteiger partial charge in [-0.25, -0.2) is 0 Å². The monoisotopic (exact) mass is 159 g/mol. The zero-order valence-electron chi connectivity index (χ0n) is 7.21. The summed E-state index contributed by atoms with van der Waals surface area (Å²) in [5.74, 6) is 0. The molecule has 0 radical (unpaired) electrons. The van der Waals surface area contributed by atoms with Gasteiger partial charge in [0.2, 0.25) is 0 Å². The highest BCUT2D eigenvalue weighted by molar-refractivity contribution is 4.90. The molecule has 0 bridgehead atoms. The topological polar surface area (TPSA) is 55.5 Å². The molecule has 3 N–H and O–H groups in total. The molecule has 0 aromatic rings. The van der Waals surface area contributed by atoms with Crippen molar-refractivity contribution in [3.05, 3.63) is 0 Å². The Morgan fingerprint density at radius 2 is 2.27 bits per heavy atom. The highest BCUT2D eigenvalue weighted by Crippen LogP contribution is 2.27. The molecule has 3 heteroatoms. The predicted octanol–water partition coefficient (Wildman–Crippen LogP) is 0.264. The summed E-state index contributed by atoms with van der Waals surface area (Å²) in [5, 5.41) is 9.82. The van der Waals surface area contributed by atoms with Crippen LogP contribution in [0, 0.1) is 0 Å². The third-order valence-electron chi connectivity index (χ3n) is 2.53. The summed E-state index contributed by atoms with van der Waals surface area (Å²) in [6, 6.07) is 0. The van der Waals surface area contributed by atoms with Crippen LogP contribution in [0.25, 0.3) is 0 Å². The second-order valence-electron chi connectivity index (χ2n) is 3.44. The minimum Gasteiger partial charge on any atom is -0.386 e. The first kappa shape index (κ1) is 8.97. The van der Waals surface area contributed by atoms with Crippen molar-refractivity contribution in [1.82, 2.24) is 0 Å². The fourth-order valence-electron chi connectivity index (χ4n) is 1.47. The molecule has 0 aromatic carbocycles. The van der Waals surface area contributed by atoms with Crippen LogP contribution < -0.4 is 5.73 Å². The summed E-state index contributed by atoms with van der Waals surface area (Å²) in [7, 11) is 0. The second-order valence-corrected chi connectivity index (χ2v) is 3.44. The molecule has 0 saturated carbocycles. The van der Waals surface area contributed by atoms with Gasteiger partial charge in [-0.1, -0.05) is 0 Å². The van der Waals surface area contributed by atoms with E-state index in [9.17, 15) is 5.11 Å². The van der Waals surface area contributed by atoms with Crippen LogP contribution in [0.4, 0.5) is 0 Å². The van der Waals surface area contributed by atoms with Crippen LogP contribution >= 0.6 is 0 Å². The maximum Gasteiger partial charge on any atom is 0.103 e. The molecule has 3 atom stereocenters. The lowest BCUT2D eigenvalue weighted by Gasteiger charge is -2.39. The summed E-state index contributed by atoms with van der Waals surface area (Å²) < 4.78 is 5.46. The Labute approximate surface area is 67.5 Å². The van der Waals surface area contributed by atoms with Crippen molar-refractivity contribution in [2.45, 2.75) is 44.5 Å². The van der Waals surface area contributed by atoms with E-state index in [-0.39, 0.29) is 12.2 Å². The number of nitrogens with two attached hydrogens (primary N) is 1. The van der Waals surface area contributed by atoms with Gasteiger partial charge in [0.1, 0.15) is 5.60 Å². The average molecular weight is 159 g/mol. The van der Waals surface area contributed by atoms with Gasteiger partial charge >= 0.3 is 0 Å². The van der Waals surface area contributed by atoms with Crippen LogP contribution in [0.2, 0.25) is 0 Å². The van der Waals surface area contributed by atoms with Crippen molar-refractivity contribution >= 4 is 0 Å². The number of ether oxygens (including phenoxy) is 1. The molecule has 0 spiro atoms. The van der Waals surface area contributed by atoms with Gasteiger partial charge < -0.3 is 15.6 Å². The first-order chi connectivity index (χ1) is 5.08. The molecule has 2 unspecified atom stereocenters. The van der Waals surface area contributed by atoms with Gasteiger partial charge in [0, 0.05) is 6.54 Å².